The zero-order chi connectivity index (χ0) is 25.1. The van der Waals surface area contributed by atoms with Gasteiger partial charge in [0.15, 0.2) is 5.69 Å². The third kappa shape index (κ3) is 5.28. The lowest BCUT2D eigenvalue weighted by atomic mass is 9.93. The van der Waals surface area contributed by atoms with Crippen LogP contribution in [-0.2, 0) is 10.9 Å². The van der Waals surface area contributed by atoms with Crippen molar-refractivity contribution in [3.8, 4) is 11.8 Å². The molecule has 0 unspecified atom stereocenters. The molecule has 1 aromatic carbocycles. The van der Waals surface area contributed by atoms with Crippen molar-refractivity contribution < 1.29 is 22.6 Å². The molecule has 3 heterocycles. The van der Waals surface area contributed by atoms with Gasteiger partial charge in [-0.15, -0.1) is 0 Å². The van der Waals surface area contributed by atoms with E-state index in [1.54, 1.807) is 18.5 Å². The number of pyridine rings is 1. The number of alkyl halides is 3. The Bertz CT molecular complexity index is 1260. The number of aromatic nitrogens is 3. The van der Waals surface area contributed by atoms with E-state index in [0.717, 1.165) is 43.2 Å². The lowest BCUT2D eigenvalue weighted by Gasteiger charge is -2.31. The molecule has 1 N–H and O–H groups in total. The predicted molar refractivity (Wildman–Crippen MR) is 127 cm³/mol. The van der Waals surface area contributed by atoms with Crippen molar-refractivity contribution in [2.24, 2.45) is 0 Å². The zero-order valence-electron chi connectivity index (χ0n) is 19.5. The molecule has 0 atom stereocenters. The Morgan fingerprint density at radius 3 is 2.53 bits per heavy atom. The van der Waals surface area contributed by atoms with E-state index in [0.29, 0.717) is 37.3 Å². The quantitative estimate of drug-likeness (QED) is 0.547. The molecule has 0 spiro atoms. The molecule has 5 rings (SSSR count). The first-order valence-electron chi connectivity index (χ1n) is 11.9. The Morgan fingerprint density at radius 2 is 1.81 bits per heavy atom. The molecule has 1 saturated carbocycles. The molecular formula is C25H25F3N6O2. The zero-order valence-corrected chi connectivity index (χ0v) is 19.5. The highest BCUT2D eigenvalue weighted by Gasteiger charge is 2.36. The number of anilines is 2. The Hall–Kier alpha value is -3.65. The molecule has 1 saturated heterocycles. The van der Waals surface area contributed by atoms with Gasteiger partial charge < -0.3 is 19.7 Å². The topological polar surface area (TPSA) is 96.2 Å². The highest BCUT2D eigenvalue weighted by Crippen LogP contribution is 2.34. The fourth-order valence-corrected chi connectivity index (χ4v) is 4.68. The largest absolute Gasteiger partial charge is 0.488 e. The van der Waals surface area contributed by atoms with E-state index in [1.165, 1.54) is 6.07 Å². The summed E-state index contributed by atoms with van der Waals surface area (Å²) in [5.74, 6) is 0.798. The summed E-state index contributed by atoms with van der Waals surface area (Å²) in [6, 6.07) is 8.10. The van der Waals surface area contributed by atoms with Crippen LogP contribution in [0.1, 0.15) is 36.9 Å². The minimum absolute atomic E-state index is 0.0393. The first-order valence-corrected chi connectivity index (χ1v) is 11.9. The number of halogens is 3. The minimum Gasteiger partial charge on any atom is -0.488 e. The molecule has 0 radical (unpaired) electrons. The molecule has 3 aromatic rings. The number of fused-ring (bicyclic) bond motifs is 1. The number of nitrogens with one attached hydrogen (secondary N) is 1. The van der Waals surface area contributed by atoms with Gasteiger partial charge in [-0.1, -0.05) is 0 Å². The van der Waals surface area contributed by atoms with Crippen molar-refractivity contribution in [3.05, 3.63) is 47.9 Å². The third-order valence-corrected chi connectivity index (χ3v) is 6.50. The first kappa shape index (κ1) is 24.1. The fourth-order valence-electron chi connectivity index (χ4n) is 4.68. The van der Waals surface area contributed by atoms with Gasteiger partial charge in [0.25, 0.3) is 0 Å². The second kappa shape index (κ2) is 10.1. The summed E-state index contributed by atoms with van der Waals surface area (Å²) >= 11 is 0. The van der Waals surface area contributed by atoms with E-state index in [2.05, 4.69) is 25.2 Å². The van der Waals surface area contributed by atoms with E-state index in [-0.39, 0.29) is 18.0 Å². The average Bonchev–Trinajstić information content (AvgIpc) is 2.90. The summed E-state index contributed by atoms with van der Waals surface area (Å²) in [5, 5.41) is 12.1. The molecule has 0 amide bonds. The Morgan fingerprint density at radius 1 is 1.06 bits per heavy atom. The summed E-state index contributed by atoms with van der Waals surface area (Å²) < 4.78 is 51.6. The highest BCUT2D eigenvalue weighted by atomic mass is 19.4. The van der Waals surface area contributed by atoms with E-state index >= 15 is 0 Å². The van der Waals surface area contributed by atoms with Crippen LogP contribution in [-0.4, -0.2) is 53.4 Å². The number of rotatable bonds is 5. The summed E-state index contributed by atoms with van der Waals surface area (Å²) in [6.07, 6.45) is 1.44. The summed E-state index contributed by atoms with van der Waals surface area (Å²) in [4.78, 5) is 14.9. The van der Waals surface area contributed by atoms with Crippen molar-refractivity contribution in [1.82, 2.24) is 15.0 Å². The van der Waals surface area contributed by atoms with Gasteiger partial charge in [-0.05, 0) is 43.9 Å². The van der Waals surface area contributed by atoms with Gasteiger partial charge in [0.1, 0.15) is 23.2 Å². The van der Waals surface area contributed by atoms with Crippen LogP contribution in [0.25, 0.3) is 11.0 Å². The maximum Gasteiger partial charge on any atom is 0.434 e. The second-order valence-electron chi connectivity index (χ2n) is 8.91. The van der Waals surface area contributed by atoms with Gasteiger partial charge in [0.2, 0.25) is 0 Å². The van der Waals surface area contributed by atoms with Crippen LogP contribution in [0.5, 0.6) is 5.75 Å². The Kier molecular flexibility index (Phi) is 6.78. The standard InChI is InChI=1S/C25H25F3N6O2/c26-25(27,28)24-16(15-29)1-6-22(33-24)32-17-2-4-19(5-3-17)36-21-14-18(34-9-11-35-12-10-34)13-20-23(21)31-8-7-30-20/h1,6-8,13-14,17,19H,2-5,9-12H2,(H,32,33)/t17-,19+. The van der Waals surface area contributed by atoms with Crippen LogP contribution in [0.2, 0.25) is 0 Å². The number of morpholine rings is 1. The lowest BCUT2D eigenvalue weighted by Crippen LogP contribution is -2.36. The van der Waals surface area contributed by atoms with Crippen LogP contribution in [0.4, 0.5) is 24.7 Å². The van der Waals surface area contributed by atoms with Crippen molar-refractivity contribution in [1.29, 1.82) is 5.26 Å². The van der Waals surface area contributed by atoms with Gasteiger partial charge in [0, 0.05) is 43.3 Å². The molecule has 11 heteroatoms. The van der Waals surface area contributed by atoms with Gasteiger partial charge in [-0.2, -0.15) is 18.4 Å². The number of nitriles is 1. The monoisotopic (exact) mass is 498 g/mol. The van der Waals surface area contributed by atoms with E-state index in [9.17, 15) is 13.2 Å². The lowest BCUT2D eigenvalue weighted by molar-refractivity contribution is -0.141. The highest BCUT2D eigenvalue weighted by molar-refractivity contribution is 5.85. The van der Waals surface area contributed by atoms with Crippen LogP contribution in [0.15, 0.2) is 36.7 Å². The predicted octanol–water partition coefficient (Wildman–Crippen LogP) is 4.55. The maximum absolute atomic E-state index is 13.2. The number of hydrogen-bond acceptors (Lipinski definition) is 8. The molecule has 2 aromatic heterocycles. The molecule has 1 aliphatic carbocycles. The van der Waals surface area contributed by atoms with Crippen LogP contribution in [0.3, 0.4) is 0 Å². The summed E-state index contributed by atoms with van der Waals surface area (Å²) in [6.45, 7) is 2.93. The second-order valence-corrected chi connectivity index (χ2v) is 8.91. The van der Waals surface area contributed by atoms with Gasteiger partial charge >= 0.3 is 6.18 Å². The molecule has 8 nitrogen and oxygen atoms in total. The summed E-state index contributed by atoms with van der Waals surface area (Å²) in [7, 11) is 0. The maximum atomic E-state index is 13.2. The van der Waals surface area contributed by atoms with Crippen LogP contribution in [0, 0.1) is 11.3 Å². The SMILES string of the molecule is N#Cc1ccc(N[C@H]2CC[C@@H](Oc3cc(N4CCOCC4)cc4nccnc34)CC2)nc1C(F)(F)F. The normalized spacial score (nSPS) is 20.7. The molecule has 188 valence electrons. The van der Waals surface area contributed by atoms with Gasteiger partial charge in [-0.3, -0.25) is 4.98 Å². The van der Waals surface area contributed by atoms with E-state index in [4.69, 9.17) is 14.7 Å². The third-order valence-electron chi connectivity index (χ3n) is 6.50. The molecule has 2 aliphatic rings. The fraction of sp³-hybridized carbons (Fsp3) is 0.440. The number of hydrogen-bond donors (Lipinski definition) is 1. The van der Waals surface area contributed by atoms with Crippen molar-refractivity contribution in [2.75, 3.05) is 36.5 Å². The Balaban J connectivity index is 1.26. The molecule has 1 aliphatic heterocycles. The minimum atomic E-state index is -4.68. The van der Waals surface area contributed by atoms with Crippen molar-refractivity contribution >= 4 is 22.5 Å². The van der Waals surface area contributed by atoms with Crippen molar-refractivity contribution in [3.63, 3.8) is 0 Å². The number of nitrogens with zero attached hydrogens (tertiary/aromatic N) is 5. The molecule has 0 bridgehead atoms. The Labute approximate surface area is 206 Å². The molecule has 36 heavy (non-hydrogen) atoms. The number of ether oxygens (including phenoxy) is 2. The first-order chi connectivity index (χ1) is 17.4. The summed E-state index contributed by atoms with van der Waals surface area (Å²) in [5.41, 5.74) is 0.833. The van der Waals surface area contributed by atoms with E-state index in [1.807, 2.05) is 12.1 Å². The molecular weight excluding hydrogens is 473 g/mol. The van der Waals surface area contributed by atoms with Crippen molar-refractivity contribution in [2.45, 2.75) is 44.0 Å². The van der Waals surface area contributed by atoms with Crippen LogP contribution < -0.4 is 15.0 Å². The van der Waals surface area contributed by atoms with Crippen LogP contribution >= 0.6 is 0 Å². The smallest absolute Gasteiger partial charge is 0.434 e. The van der Waals surface area contributed by atoms with E-state index < -0.39 is 17.4 Å². The average molecular weight is 499 g/mol. The number of benzene rings is 1. The molecule has 2 fully saturated rings. The van der Waals surface area contributed by atoms with Gasteiger partial charge in [-0.25, -0.2) is 9.97 Å². The van der Waals surface area contributed by atoms with Gasteiger partial charge in [0.05, 0.1) is 30.4 Å².